The highest BCUT2D eigenvalue weighted by Crippen LogP contribution is 2.46. The SMILES string of the molecule is CCc1cc(Nc2ncc(Cl)c(Nc3ccc4nccnc4c3N(C)S(C)(=O)=O)n2)c(OC)cc1N1CC2(C1)CN(C(C)C)C2. The zero-order valence-electron chi connectivity index (χ0n) is 26.3. The molecule has 1 spiro atoms. The average molecular weight is 652 g/mol. The topological polar surface area (TPSA) is 129 Å². The molecule has 4 aromatic rings. The number of halogens is 1. The number of benzene rings is 2. The van der Waals surface area contributed by atoms with E-state index in [0.717, 1.165) is 48.8 Å². The van der Waals surface area contributed by atoms with Crippen molar-refractivity contribution in [2.75, 3.05) is 66.4 Å². The van der Waals surface area contributed by atoms with Gasteiger partial charge in [-0.1, -0.05) is 18.5 Å². The third-order valence-electron chi connectivity index (χ3n) is 8.65. The zero-order valence-corrected chi connectivity index (χ0v) is 27.9. The summed E-state index contributed by atoms with van der Waals surface area (Å²) in [5.74, 6) is 1.26. The molecule has 2 fully saturated rings. The van der Waals surface area contributed by atoms with E-state index in [9.17, 15) is 8.42 Å². The highest BCUT2D eigenvalue weighted by atomic mass is 35.5. The summed E-state index contributed by atoms with van der Waals surface area (Å²) in [5.41, 5.74) is 5.24. The fourth-order valence-corrected chi connectivity index (χ4v) is 6.80. The van der Waals surface area contributed by atoms with Crippen LogP contribution >= 0.6 is 11.6 Å². The molecule has 2 saturated heterocycles. The lowest BCUT2D eigenvalue weighted by Gasteiger charge is -2.62. The van der Waals surface area contributed by atoms with Crippen molar-refractivity contribution in [3.63, 3.8) is 0 Å². The fourth-order valence-electron chi connectivity index (χ4n) is 6.14. The largest absolute Gasteiger partial charge is 0.494 e. The van der Waals surface area contributed by atoms with Gasteiger partial charge in [-0.25, -0.2) is 13.4 Å². The molecule has 45 heavy (non-hydrogen) atoms. The lowest BCUT2D eigenvalue weighted by Crippen LogP contribution is -2.73. The number of nitrogens with one attached hydrogen (secondary N) is 2. The van der Waals surface area contributed by atoms with E-state index >= 15 is 0 Å². The number of likely N-dealkylation sites (tertiary alicyclic amines) is 1. The number of hydrogen-bond acceptors (Lipinski definition) is 11. The Morgan fingerprint density at radius 3 is 2.47 bits per heavy atom. The Hall–Kier alpha value is -3.94. The summed E-state index contributed by atoms with van der Waals surface area (Å²) in [6.07, 6.45) is 6.54. The summed E-state index contributed by atoms with van der Waals surface area (Å²) in [6, 6.07) is 8.24. The molecule has 12 nitrogen and oxygen atoms in total. The van der Waals surface area contributed by atoms with Crippen LogP contribution in [0.4, 0.5) is 34.5 Å². The number of aryl methyl sites for hydroxylation is 1. The number of ether oxygens (including phenoxy) is 1. The van der Waals surface area contributed by atoms with E-state index in [1.54, 1.807) is 25.4 Å². The first-order chi connectivity index (χ1) is 21.4. The second-order valence-corrected chi connectivity index (χ2v) is 14.6. The maximum atomic E-state index is 12.6. The van der Waals surface area contributed by atoms with Gasteiger partial charge in [0, 0.05) is 68.8 Å². The molecule has 0 bridgehead atoms. The second-order valence-electron chi connectivity index (χ2n) is 12.1. The fraction of sp³-hybridized carbons (Fsp3) is 0.419. The first kappa shape index (κ1) is 31.1. The Morgan fingerprint density at radius 2 is 1.80 bits per heavy atom. The molecule has 0 radical (unpaired) electrons. The predicted octanol–water partition coefficient (Wildman–Crippen LogP) is 5.06. The number of sulfonamides is 1. The van der Waals surface area contributed by atoms with Crippen LogP contribution in [0, 0.1) is 5.41 Å². The molecule has 0 unspecified atom stereocenters. The standard InChI is InChI=1S/C31H38ClN9O3S/c1-7-20-12-24(26(44-5)13-25(20)41-17-31(18-41)15-40(16-31)19(2)3)37-30-35-14-21(32)29(38-30)36-23-9-8-22-27(34-11-10-33-22)28(23)39(4)45(6,42)43/h8-14,19H,7,15-18H2,1-6H3,(H2,35,36,37,38). The quantitative estimate of drug-likeness (QED) is 0.239. The van der Waals surface area contributed by atoms with Crippen molar-refractivity contribution < 1.29 is 13.2 Å². The van der Waals surface area contributed by atoms with E-state index in [1.807, 2.05) is 0 Å². The van der Waals surface area contributed by atoms with Crippen LogP contribution in [0.1, 0.15) is 26.3 Å². The molecular formula is C31H38ClN9O3S. The van der Waals surface area contributed by atoms with Crippen molar-refractivity contribution in [3.05, 3.63) is 53.4 Å². The predicted molar refractivity (Wildman–Crippen MR) is 180 cm³/mol. The van der Waals surface area contributed by atoms with Crippen LogP contribution in [0.25, 0.3) is 11.0 Å². The Labute approximate surface area is 268 Å². The molecule has 2 aliphatic heterocycles. The van der Waals surface area contributed by atoms with Crippen molar-refractivity contribution in [1.29, 1.82) is 0 Å². The van der Waals surface area contributed by atoms with E-state index in [0.29, 0.717) is 45.6 Å². The number of methoxy groups -OCH3 is 1. The normalized spacial score (nSPS) is 16.0. The molecule has 2 aromatic carbocycles. The summed E-state index contributed by atoms with van der Waals surface area (Å²) >= 11 is 6.53. The molecule has 6 rings (SSSR count). The zero-order chi connectivity index (χ0) is 32.1. The molecule has 2 aliphatic rings. The van der Waals surface area contributed by atoms with Crippen LogP contribution in [0.2, 0.25) is 5.02 Å². The minimum Gasteiger partial charge on any atom is -0.494 e. The second kappa shape index (κ2) is 11.8. The molecule has 238 valence electrons. The van der Waals surface area contributed by atoms with Crippen molar-refractivity contribution in [1.82, 2.24) is 24.8 Å². The highest BCUT2D eigenvalue weighted by Gasteiger charge is 2.52. The Morgan fingerprint density at radius 1 is 1.07 bits per heavy atom. The third kappa shape index (κ3) is 5.91. The van der Waals surface area contributed by atoms with E-state index in [-0.39, 0.29) is 10.8 Å². The van der Waals surface area contributed by atoms with Crippen LogP contribution < -0.4 is 24.6 Å². The molecule has 2 aromatic heterocycles. The van der Waals surface area contributed by atoms with Gasteiger partial charge in [-0.2, -0.15) is 4.98 Å². The van der Waals surface area contributed by atoms with Gasteiger partial charge in [-0.15, -0.1) is 0 Å². The van der Waals surface area contributed by atoms with Crippen molar-refractivity contribution >= 4 is 67.2 Å². The van der Waals surface area contributed by atoms with Gasteiger partial charge in [-0.3, -0.25) is 19.2 Å². The minimum absolute atomic E-state index is 0.253. The lowest BCUT2D eigenvalue weighted by atomic mass is 9.72. The number of nitrogens with zero attached hydrogens (tertiary/aromatic N) is 7. The highest BCUT2D eigenvalue weighted by molar-refractivity contribution is 7.92. The number of aromatic nitrogens is 4. The van der Waals surface area contributed by atoms with Gasteiger partial charge in [0.25, 0.3) is 0 Å². The molecule has 2 N–H and O–H groups in total. The monoisotopic (exact) mass is 651 g/mol. The van der Waals surface area contributed by atoms with E-state index < -0.39 is 10.0 Å². The van der Waals surface area contributed by atoms with Crippen molar-refractivity contribution in [3.8, 4) is 5.75 Å². The van der Waals surface area contributed by atoms with Gasteiger partial charge >= 0.3 is 0 Å². The van der Waals surface area contributed by atoms with E-state index in [2.05, 4.69) is 73.3 Å². The molecule has 4 heterocycles. The molecular weight excluding hydrogens is 614 g/mol. The minimum atomic E-state index is -3.63. The summed E-state index contributed by atoms with van der Waals surface area (Å²) in [4.78, 5) is 22.7. The van der Waals surface area contributed by atoms with Crippen molar-refractivity contribution in [2.45, 2.75) is 33.2 Å². The number of fused-ring (bicyclic) bond motifs is 1. The smallest absolute Gasteiger partial charge is 0.232 e. The maximum Gasteiger partial charge on any atom is 0.232 e. The molecule has 0 atom stereocenters. The third-order valence-corrected chi connectivity index (χ3v) is 10.1. The first-order valence-corrected chi connectivity index (χ1v) is 17.1. The number of hydrogen-bond donors (Lipinski definition) is 2. The van der Waals surface area contributed by atoms with Crippen LogP contribution in [-0.2, 0) is 16.4 Å². The summed E-state index contributed by atoms with van der Waals surface area (Å²) in [7, 11) is -0.510. The summed E-state index contributed by atoms with van der Waals surface area (Å²) < 4.78 is 32.1. The van der Waals surface area contributed by atoms with Gasteiger partial charge < -0.3 is 20.3 Å². The molecule has 0 aliphatic carbocycles. The van der Waals surface area contributed by atoms with Gasteiger partial charge in [0.2, 0.25) is 16.0 Å². The Balaban J connectivity index is 1.27. The van der Waals surface area contributed by atoms with E-state index in [1.165, 1.54) is 30.7 Å². The van der Waals surface area contributed by atoms with Crippen LogP contribution in [-0.4, -0.2) is 85.9 Å². The molecule has 0 amide bonds. The van der Waals surface area contributed by atoms with Gasteiger partial charge in [0.15, 0.2) is 5.82 Å². The van der Waals surface area contributed by atoms with Gasteiger partial charge in [-0.05, 0) is 44.0 Å². The first-order valence-electron chi connectivity index (χ1n) is 14.9. The number of rotatable bonds is 10. The number of anilines is 6. The molecule has 0 saturated carbocycles. The summed E-state index contributed by atoms with van der Waals surface area (Å²) in [5, 5.41) is 6.75. The summed E-state index contributed by atoms with van der Waals surface area (Å²) in [6.45, 7) is 11.1. The van der Waals surface area contributed by atoms with Crippen molar-refractivity contribution in [2.24, 2.45) is 5.41 Å². The van der Waals surface area contributed by atoms with Gasteiger partial charge in [0.1, 0.15) is 22.0 Å². The van der Waals surface area contributed by atoms with Crippen LogP contribution in [0.3, 0.4) is 0 Å². The Bertz CT molecular complexity index is 1860. The van der Waals surface area contributed by atoms with E-state index in [4.69, 9.17) is 16.3 Å². The molecule has 14 heteroatoms. The van der Waals surface area contributed by atoms with Gasteiger partial charge in [0.05, 0.1) is 36.5 Å². The average Bonchev–Trinajstić information content (AvgIpc) is 2.96. The lowest BCUT2D eigenvalue weighted by molar-refractivity contribution is -0.0412. The van der Waals surface area contributed by atoms with Crippen LogP contribution in [0.15, 0.2) is 42.9 Å². The Kier molecular flexibility index (Phi) is 8.12. The maximum absolute atomic E-state index is 12.6. The van der Waals surface area contributed by atoms with Crippen LogP contribution in [0.5, 0.6) is 5.75 Å².